The van der Waals surface area contributed by atoms with Crippen LogP contribution in [0.5, 0.6) is 0 Å². The van der Waals surface area contributed by atoms with Crippen LogP contribution in [-0.2, 0) is 18.0 Å². The van der Waals surface area contributed by atoms with Gasteiger partial charge in [0.05, 0.1) is 13.2 Å². The number of halogens is 1. The smallest absolute Gasteiger partial charge is 0.0721 e. The Morgan fingerprint density at radius 1 is 1.00 bits per heavy atom. The Labute approximate surface area is 101 Å². The fourth-order valence-corrected chi connectivity index (χ4v) is 1.63. The summed E-state index contributed by atoms with van der Waals surface area (Å²) in [6.45, 7) is 1.19. The molecule has 0 heterocycles. The van der Waals surface area contributed by atoms with Crippen molar-refractivity contribution in [1.29, 1.82) is 0 Å². The Morgan fingerprint density at radius 2 is 1.75 bits per heavy atom. The average molecular weight is 232 g/mol. The molecule has 81 valence electrons. The Balaban J connectivity index is 1.85. The second-order valence-corrected chi connectivity index (χ2v) is 3.93. The lowest BCUT2D eigenvalue weighted by molar-refractivity contribution is 0.107. The maximum Gasteiger partial charge on any atom is 0.0721 e. The summed E-state index contributed by atoms with van der Waals surface area (Å²) in [6, 6.07) is 18.6. The first-order valence-electron chi connectivity index (χ1n) is 5.12. The first kappa shape index (κ1) is 11.2. The molecule has 0 saturated heterocycles. The zero-order valence-corrected chi connectivity index (χ0v) is 9.58. The van der Waals surface area contributed by atoms with Crippen LogP contribution in [0.25, 0.3) is 0 Å². The second kappa shape index (κ2) is 5.69. The highest BCUT2D eigenvalue weighted by Gasteiger charge is 1.95. The Morgan fingerprint density at radius 3 is 2.50 bits per heavy atom. The lowest BCUT2D eigenvalue weighted by Crippen LogP contribution is -1.93. The normalized spacial score (nSPS) is 10.3. The molecule has 0 aliphatic rings. The quantitative estimate of drug-likeness (QED) is 0.777. The van der Waals surface area contributed by atoms with Gasteiger partial charge >= 0.3 is 0 Å². The number of ether oxygens (including phenoxy) is 1. The molecule has 1 radical (unpaired) electrons. The van der Waals surface area contributed by atoms with E-state index >= 15 is 0 Å². The summed E-state index contributed by atoms with van der Waals surface area (Å²) in [7, 11) is 0. The van der Waals surface area contributed by atoms with Gasteiger partial charge in [-0.3, -0.25) is 0 Å². The fourth-order valence-electron chi connectivity index (χ4n) is 1.43. The second-order valence-electron chi connectivity index (χ2n) is 3.52. The van der Waals surface area contributed by atoms with Gasteiger partial charge in [-0.25, -0.2) is 0 Å². The van der Waals surface area contributed by atoms with Gasteiger partial charge in [-0.15, -0.1) is 0 Å². The van der Waals surface area contributed by atoms with E-state index in [0.29, 0.717) is 18.2 Å². The van der Waals surface area contributed by atoms with Gasteiger partial charge in [0.1, 0.15) is 0 Å². The Hall–Kier alpha value is -1.31. The molecule has 2 aromatic carbocycles. The van der Waals surface area contributed by atoms with Crippen LogP contribution in [0.2, 0.25) is 5.02 Å². The van der Waals surface area contributed by atoms with Crippen LogP contribution in [0.1, 0.15) is 11.1 Å². The molecule has 0 fully saturated rings. The van der Waals surface area contributed by atoms with Gasteiger partial charge in [-0.1, -0.05) is 54.1 Å². The van der Waals surface area contributed by atoms with Gasteiger partial charge in [0, 0.05) is 11.1 Å². The van der Waals surface area contributed by atoms with E-state index in [2.05, 4.69) is 6.07 Å². The van der Waals surface area contributed by atoms with Gasteiger partial charge in [-0.2, -0.15) is 0 Å². The van der Waals surface area contributed by atoms with Gasteiger partial charge in [0.2, 0.25) is 0 Å². The molecule has 1 nitrogen and oxygen atoms in total. The lowest BCUT2D eigenvalue weighted by Gasteiger charge is -2.04. The van der Waals surface area contributed by atoms with Crippen LogP contribution in [0.4, 0.5) is 0 Å². The Bertz CT molecular complexity index is 439. The number of rotatable bonds is 4. The molecule has 0 aromatic heterocycles. The number of hydrogen-bond acceptors (Lipinski definition) is 1. The van der Waals surface area contributed by atoms with Crippen LogP contribution in [0.3, 0.4) is 0 Å². The molecule has 16 heavy (non-hydrogen) atoms. The highest BCUT2D eigenvalue weighted by Crippen LogP contribution is 2.11. The molecule has 0 aliphatic heterocycles. The van der Waals surface area contributed by atoms with Crippen molar-refractivity contribution < 1.29 is 4.74 Å². The summed E-state index contributed by atoms with van der Waals surface area (Å²) >= 11 is 5.83. The van der Waals surface area contributed by atoms with Crippen LogP contribution < -0.4 is 0 Å². The summed E-state index contributed by atoms with van der Waals surface area (Å²) in [6.07, 6.45) is 0. The SMILES string of the molecule is Clc1[c]ccc(COCc2ccccc2)c1. The molecular formula is C14H12ClO. The van der Waals surface area contributed by atoms with Crippen molar-refractivity contribution in [2.75, 3.05) is 0 Å². The molecule has 0 unspecified atom stereocenters. The summed E-state index contributed by atoms with van der Waals surface area (Å²) in [5, 5.41) is 0.626. The van der Waals surface area contributed by atoms with Gasteiger partial charge in [-0.05, 0) is 17.2 Å². The van der Waals surface area contributed by atoms with Gasteiger partial charge in [0.15, 0.2) is 0 Å². The van der Waals surface area contributed by atoms with Crippen LogP contribution in [-0.4, -0.2) is 0 Å². The van der Waals surface area contributed by atoms with Crippen molar-refractivity contribution >= 4 is 11.6 Å². The van der Waals surface area contributed by atoms with Crippen LogP contribution in [0, 0.1) is 6.07 Å². The highest BCUT2D eigenvalue weighted by molar-refractivity contribution is 6.30. The minimum absolute atomic E-state index is 0.573. The molecule has 2 heteroatoms. The molecule has 0 N–H and O–H groups in total. The van der Waals surface area contributed by atoms with Crippen molar-refractivity contribution in [2.45, 2.75) is 13.2 Å². The predicted molar refractivity (Wildman–Crippen MR) is 65.2 cm³/mol. The third-order valence-electron chi connectivity index (χ3n) is 2.21. The zero-order chi connectivity index (χ0) is 11.2. The monoisotopic (exact) mass is 231 g/mol. The van der Waals surface area contributed by atoms with Crippen LogP contribution in [0.15, 0.2) is 48.5 Å². The van der Waals surface area contributed by atoms with Crippen molar-refractivity contribution in [3.63, 3.8) is 0 Å². The molecule has 2 rings (SSSR count). The molecule has 0 bridgehead atoms. The molecule has 0 aliphatic carbocycles. The van der Waals surface area contributed by atoms with Crippen LogP contribution >= 0.6 is 11.6 Å². The minimum atomic E-state index is 0.573. The van der Waals surface area contributed by atoms with Crippen molar-refractivity contribution in [2.24, 2.45) is 0 Å². The number of hydrogen-bond donors (Lipinski definition) is 0. The summed E-state index contributed by atoms with van der Waals surface area (Å²) < 4.78 is 5.59. The lowest BCUT2D eigenvalue weighted by atomic mass is 10.2. The maximum atomic E-state index is 5.83. The minimum Gasteiger partial charge on any atom is -0.372 e. The number of benzene rings is 2. The predicted octanol–water partition coefficient (Wildman–Crippen LogP) is 3.86. The van der Waals surface area contributed by atoms with E-state index in [1.807, 2.05) is 48.5 Å². The summed E-state index contributed by atoms with van der Waals surface area (Å²) in [5.41, 5.74) is 2.25. The van der Waals surface area contributed by atoms with E-state index < -0.39 is 0 Å². The van der Waals surface area contributed by atoms with E-state index in [9.17, 15) is 0 Å². The molecule has 0 amide bonds. The third kappa shape index (κ3) is 3.37. The van der Waals surface area contributed by atoms with E-state index in [1.54, 1.807) is 0 Å². The topological polar surface area (TPSA) is 9.23 Å². The summed E-state index contributed by atoms with van der Waals surface area (Å²) in [4.78, 5) is 0. The van der Waals surface area contributed by atoms with Gasteiger partial charge in [0.25, 0.3) is 0 Å². The highest BCUT2D eigenvalue weighted by atomic mass is 35.5. The molecule has 0 saturated carbocycles. The largest absolute Gasteiger partial charge is 0.372 e. The van der Waals surface area contributed by atoms with Crippen molar-refractivity contribution in [1.82, 2.24) is 0 Å². The van der Waals surface area contributed by atoms with Crippen molar-refractivity contribution in [3.05, 3.63) is 70.7 Å². The molecule has 0 atom stereocenters. The zero-order valence-electron chi connectivity index (χ0n) is 8.82. The first-order chi connectivity index (χ1) is 7.84. The summed E-state index contributed by atoms with van der Waals surface area (Å²) in [5.74, 6) is 0. The van der Waals surface area contributed by atoms with Crippen molar-refractivity contribution in [3.8, 4) is 0 Å². The maximum absolute atomic E-state index is 5.83. The van der Waals surface area contributed by atoms with E-state index in [1.165, 1.54) is 5.56 Å². The third-order valence-corrected chi connectivity index (χ3v) is 2.43. The standard InChI is InChI=1S/C14H12ClO/c15-14-8-4-7-13(9-14)11-16-10-12-5-2-1-3-6-12/h1-7,9H,10-11H2. The molecule has 0 spiro atoms. The first-order valence-corrected chi connectivity index (χ1v) is 5.50. The fraction of sp³-hybridized carbons (Fsp3) is 0.143. The van der Waals surface area contributed by atoms with E-state index in [4.69, 9.17) is 16.3 Å². The van der Waals surface area contributed by atoms with E-state index in [-0.39, 0.29) is 0 Å². The molecule has 2 aromatic rings. The molecular weight excluding hydrogens is 220 g/mol. The van der Waals surface area contributed by atoms with Gasteiger partial charge < -0.3 is 4.74 Å². The van der Waals surface area contributed by atoms with E-state index in [0.717, 1.165) is 5.56 Å². The average Bonchev–Trinajstić information content (AvgIpc) is 2.30. The Kier molecular flexibility index (Phi) is 3.97.